The Morgan fingerprint density at radius 1 is 0.864 bits per heavy atom. The van der Waals surface area contributed by atoms with Gasteiger partial charge in [0, 0.05) is 6.54 Å². The first-order chi connectivity index (χ1) is 10.7. The van der Waals surface area contributed by atoms with Crippen LogP contribution in [0.15, 0.2) is 42.5 Å². The van der Waals surface area contributed by atoms with Crippen molar-refractivity contribution < 1.29 is 9.47 Å². The summed E-state index contributed by atoms with van der Waals surface area (Å²) in [6, 6.07) is 14.3. The minimum Gasteiger partial charge on any atom is -0.490 e. The Hall–Kier alpha value is -2.00. The van der Waals surface area contributed by atoms with Crippen LogP contribution in [0.2, 0.25) is 0 Å². The smallest absolute Gasteiger partial charge is 0.122 e. The molecule has 0 aliphatic rings. The van der Waals surface area contributed by atoms with E-state index in [0.29, 0.717) is 13.2 Å². The molecule has 3 heteroatoms. The highest BCUT2D eigenvalue weighted by Crippen LogP contribution is 2.17. The molecule has 0 aliphatic carbocycles. The molecule has 0 heterocycles. The quantitative estimate of drug-likeness (QED) is 0.751. The topological polar surface area (TPSA) is 30.5 Å². The summed E-state index contributed by atoms with van der Waals surface area (Å²) in [5, 5.41) is 3.31. The number of nitrogens with one attached hydrogen (secondary N) is 1. The van der Waals surface area contributed by atoms with E-state index in [1.807, 2.05) is 18.2 Å². The molecular weight excluding hydrogens is 274 g/mol. The predicted molar refractivity (Wildman–Crippen MR) is 90.7 cm³/mol. The summed E-state index contributed by atoms with van der Waals surface area (Å²) >= 11 is 0. The van der Waals surface area contributed by atoms with E-state index < -0.39 is 0 Å². The van der Waals surface area contributed by atoms with Gasteiger partial charge in [0.25, 0.3) is 0 Å². The molecule has 0 amide bonds. The maximum absolute atomic E-state index is 5.75. The summed E-state index contributed by atoms with van der Waals surface area (Å²) < 4.78 is 11.5. The fourth-order valence-electron chi connectivity index (χ4n) is 2.14. The molecule has 1 N–H and O–H groups in total. The first-order valence-corrected chi connectivity index (χ1v) is 7.81. The molecule has 0 bridgehead atoms. The fraction of sp³-hybridized carbons (Fsp3) is 0.368. The molecule has 22 heavy (non-hydrogen) atoms. The summed E-state index contributed by atoms with van der Waals surface area (Å²) in [4.78, 5) is 0. The van der Waals surface area contributed by atoms with Crippen molar-refractivity contribution in [3.63, 3.8) is 0 Å². The average Bonchev–Trinajstić information content (AvgIpc) is 2.53. The van der Waals surface area contributed by atoms with Crippen molar-refractivity contribution in [3.8, 4) is 11.5 Å². The molecular formula is C19H25NO2. The van der Waals surface area contributed by atoms with Crippen LogP contribution in [0.4, 0.5) is 0 Å². The molecule has 0 unspecified atom stereocenters. The standard InChI is InChI=1S/C19H25NO2/c1-4-20-14-17-6-5-7-18(13-17)21-10-11-22-19-9-8-15(2)16(3)12-19/h5-9,12-13,20H,4,10-11,14H2,1-3H3. The second-order valence-electron chi connectivity index (χ2n) is 5.37. The number of rotatable bonds is 8. The summed E-state index contributed by atoms with van der Waals surface area (Å²) in [7, 11) is 0. The van der Waals surface area contributed by atoms with E-state index in [1.54, 1.807) is 0 Å². The summed E-state index contributed by atoms with van der Waals surface area (Å²) in [5.74, 6) is 1.78. The Morgan fingerprint density at radius 3 is 2.27 bits per heavy atom. The SMILES string of the molecule is CCNCc1cccc(OCCOc2ccc(C)c(C)c2)c1. The van der Waals surface area contributed by atoms with Crippen LogP contribution < -0.4 is 14.8 Å². The maximum atomic E-state index is 5.75. The Labute approximate surface area is 133 Å². The van der Waals surface area contributed by atoms with Crippen LogP contribution in [0.25, 0.3) is 0 Å². The van der Waals surface area contributed by atoms with Crippen LogP contribution in [0.1, 0.15) is 23.6 Å². The second kappa shape index (κ2) is 8.44. The molecule has 0 saturated carbocycles. The summed E-state index contributed by atoms with van der Waals surface area (Å²) in [6.07, 6.45) is 0. The van der Waals surface area contributed by atoms with Crippen LogP contribution in [0.3, 0.4) is 0 Å². The number of benzene rings is 2. The van der Waals surface area contributed by atoms with Gasteiger partial charge < -0.3 is 14.8 Å². The monoisotopic (exact) mass is 299 g/mol. The van der Waals surface area contributed by atoms with Gasteiger partial charge in [-0.3, -0.25) is 0 Å². The summed E-state index contributed by atoms with van der Waals surface area (Å²) in [6.45, 7) is 9.21. The van der Waals surface area contributed by atoms with E-state index in [9.17, 15) is 0 Å². The van der Waals surface area contributed by atoms with E-state index in [2.05, 4.69) is 50.4 Å². The van der Waals surface area contributed by atoms with Crippen LogP contribution in [0, 0.1) is 13.8 Å². The zero-order valence-corrected chi connectivity index (χ0v) is 13.7. The zero-order valence-electron chi connectivity index (χ0n) is 13.7. The summed E-state index contributed by atoms with van der Waals surface area (Å²) in [5.41, 5.74) is 3.75. The van der Waals surface area contributed by atoms with Crippen LogP contribution in [-0.2, 0) is 6.54 Å². The molecule has 3 nitrogen and oxygen atoms in total. The van der Waals surface area contributed by atoms with Crippen molar-refractivity contribution in [1.82, 2.24) is 5.32 Å². The molecule has 0 spiro atoms. The third-order valence-electron chi connectivity index (χ3n) is 3.58. The molecule has 2 rings (SSSR count). The molecule has 0 atom stereocenters. The van der Waals surface area contributed by atoms with Gasteiger partial charge in [-0.1, -0.05) is 25.1 Å². The van der Waals surface area contributed by atoms with Crippen LogP contribution in [-0.4, -0.2) is 19.8 Å². The molecule has 0 fully saturated rings. The van der Waals surface area contributed by atoms with Crippen molar-refractivity contribution >= 4 is 0 Å². The lowest BCUT2D eigenvalue weighted by molar-refractivity contribution is 0.217. The molecule has 0 aromatic heterocycles. The van der Waals surface area contributed by atoms with Gasteiger partial charge in [-0.25, -0.2) is 0 Å². The van der Waals surface area contributed by atoms with E-state index >= 15 is 0 Å². The largest absolute Gasteiger partial charge is 0.490 e. The molecule has 0 saturated heterocycles. The lowest BCUT2D eigenvalue weighted by Crippen LogP contribution is -2.12. The van der Waals surface area contributed by atoms with Crippen LogP contribution >= 0.6 is 0 Å². The zero-order chi connectivity index (χ0) is 15.8. The molecule has 2 aromatic carbocycles. The molecule has 118 valence electrons. The second-order valence-corrected chi connectivity index (χ2v) is 5.37. The van der Waals surface area contributed by atoms with Gasteiger partial charge in [0.1, 0.15) is 24.7 Å². The highest BCUT2D eigenvalue weighted by atomic mass is 16.5. The fourth-order valence-corrected chi connectivity index (χ4v) is 2.14. The van der Waals surface area contributed by atoms with Crippen molar-refractivity contribution in [2.75, 3.05) is 19.8 Å². The van der Waals surface area contributed by atoms with Crippen molar-refractivity contribution in [1.29, 1.82) is 0 Å². The van der Waals surface area contributed by atoms with E-state index in [0.717, 1.165) is 24.6 Å². The van der Waals surface area contributed by atoms with Gasteiger partial charge in [0.2, 0.25) is 0 Å². The van der Waals surface area contributed by atoms with Gasteiger partial charge in [0.05, 0.1) is 0 Å². The Kier molecular flexibility index (Phi) is 6.28. The third kappa shape index (κ3) is 5.08. The molecule has 0 aliphatic heterocycles. The van der Waals surface area contributed by atoms with E-state index in [-0.39, 0.29) is 0 Å². The highest BCUT2D eigenvalue weighted by molar-refractivity contribution is 5.33. The Morgan fingerprint density at radius 2 is 1.59 bits per heavy atom. The predicted octanol–water partition coefficient (Wildman–Crippen LogP) is 3.87. The van der Waals surface area contributed by atoms with Crippen molar-refractivity contribution in [2.45, 2.75) is 27.3 Å². The maximum Gasteiger partial charge on any atom is 0.122 e. The van der Waals surface area contributed by atoms with Gasteiger partial charge >= 0.3 is 0 Å². The number of ether oxygens (including phenoxy) is 2. The molecule has 0 radical (unpaired) electrons. The lowest BCUT2D eigenvalue weighted by Gasteiger charge is -2.10. The lowest BCUT2D eigenvalue weighted by atomic mass is 10.1. The van der Waals surface area contributed by atoms with Crippen molar-refractivity contribution in [3.05, 3.63) is 59.2 Å². The van der Waals surface area contributed by atoms with Gasteiger partial charge in [0.15, 0.2) is 0 Å². The highest BCUT2D eigenvalue weighted by Gasteiger charge is 1.99. The van der Waals surface area contributed by atoms with Crippen molar-refractivity contribution in [2.24, 2.45) is 0 Å². The van der Waals surface area contributed by atoms with Gasteiger partial charge in [-0.05, 0) is 61.3 Å². The minimum absolute atomic E-state index is 0.539. The normalized spacial score (nSPS) is 10.5. The van der Waals surface area contributed by atoms with Gasteiger partial charge in [-0.15, -0.1) is 0 Å². The molecule has 2 aromatic rings. The Balaban J connectivity index is 1.77. The first kappa shape index (κ1) is 16.4. The number of hydrogen-bond acceptors (Lipinski definition) is 3. The average molecular weight is 299 g/mol. The minimum atomic E-state index is 0.539. The first-order valence-electron chi connectivity index (χ1n) is 7.81. The third-order valence-corrected chi connectivity index (χ3v) is 3.58. The van der Waals surface area contributed by atoms with Crippen LogP contribution in [0.5, 0.6) is 11.5 Å². The Bertz CT molecular complexity index is 596. The number of aryl methyl sites for hydroxylation is 2. The van der Waals surface area contributed by atoms with Gasteiger partial charge in [-0.2, -0.15) is 0 Å². The van der Waals surface area contributed by atoms with E-state index in [4.69, 9.17) is 9.47 Å². The number of hydrogen-bond donors (Lipinski definition) is 1. The van der Waals surface area contributed by atoms with E-state index in [1.165, 1.54) is 16.7 Å².